The lowest BCUT2D eigenvalue weighted by Gasteiger charge is -2.32. The Morgan fingerprint density at radius 2 is 1.90 bits per heavy atom. The maximum Gasteiger partial charge on any atom is 0.409 e. The summed E-state index contributed by atoms with van der Waals surface area (Å²) in [5, 5.41) is -0.382. The molecule has 6 nitrogen and oxygen atoms in total. The van der Waals surface area contributed by atoms with E-state index in [4.69, 9.17) is 4.74 Å². The molecule has 1 aliphatic rings. The first-order valence-electron chi connectivity index (χ1n) is 7.30. The average molecular weight is 306 g/mol. The van der Waals surface area contributed by atoms with Gasteiger partial charge in [-0.05, 0) is 19.3 Å². The Morgan fingerprint density at radius 3 is 2.40 bits per heavy atom. The van der Waals surface area contributed by atoms with E-state index in [1.54, 1.807) is 11.9 Å². The molecule has 1 heterocycles. The molecule has 0 unspecified atom stereocenters. The first kappa shape index (κ1) is 17.2. The number of nitrogens with zero attached hydrogens (tertiary/aromatic N) is 2. The molecule has 0 spiro atoms. The fourth-order valence-corrected chi connectivity index (χ4v) is 3.84. The number of likely N-dealkylation sites (tertiary alicyclic amines) is 1. The van der Waals surface area contributed by atoms with Crippen LogP contribution in [0.2, 0.25) is 0 Å². The highest BCUT2D eigenvalue weighted by molar-refractivity contribution is 7.89. The van der Waals surface area contributed by atoms with Crippen molar-refractivity contribution in [2.24, 2.45) is 0 Å². The Balaban J connectivity index is 2.45. The summed E-state index contributed by atoms with van der Waals surface area (Å²) in [7, 11) is -1.63. The van der Waals surface area contributed by atoms with Crippen LogP contribution in [-0.4, -0.2) is 62.3 Å². The summed E-state index contributed by atoms with van der Waals surface area (Å²) in [6.45, 7) is 5.67. The summed E-state index contributed by atoms with van der Waals surface area (Å²) in [5.41, 5.74) is 0. The zero-order valence-electron chi connectivity index (χ0n) is 12.7. The van der Waals surface area contributed by atoms with Crippen molar-refractivity contribution in [2.75, 3.05) is 33.3 Å². The summed E-state index contributed by atoms with van der Waals surface area (Å²) in [6, 6.07) is 0. The van der Waals surface area contributed by atoms with Crippen molar-refractivity contribution in [2.45, 2.75) is 44.8 Å². The number of carbonyl (C=O) groups excluding carboxylic acids is 1. The number of hydrogen-bond acceptors (Lipinski definition) is 4. The molecule has 0 aromatic carbocycles. The maximum absolute atomic E-state index is 12.2. The molecule has 0 aromatic rings. The SMILES string of the molecule is CCCCOC(=O)N1CCC(S(=O)(=O)N(C)CC)CC1. The fourth-order valence-electron chi connectivity index (χ4n) is 2.17. The van der Waals surface area contributed by atoms with E-state index in [1.807, 2.05) is 13.8 Å². The van der Waals surface area contributed by atoms with Gasteiger partial charge in [0.05, 0.1) is 11.9 Å². The number of rotatable bonds is 6. The molecule has 1 amide bonds. The number of sulfonamides is 1. The van der Waals surface area contributed by atoms with Crippen molar-refractivity contribution in [3.63, 3.8) is 0 Å². The molecule has 20 heavy (non-hydrogen) atoms. The van der Waals surface area contributed by atoms with Gasteiger partial charge in [0.25, 0.3) is 0 Å². The average Bonchev–Trinajstić information content (AvgIpc) is 2.46. The Bertz CT molecular complexity index is 403. The van der Waals surface area contributed by atoms with Gasteiger partial charge in [-0.2, -0.15) is 0 Å². The van der Waals surface area contributed by atoms with Gasteiger partial charge >= 0.3 is 6.09 Å². The van der Waals surface area contributed by atoms with Crippen LogP contribution in [0.15, 0.2) is 0 Å². The molecule has 0 saturated carbocycles. The molecule has 0 radical (unpaired) electrons. The Labute approximate surface area is 122 Å². The zero-order valence-corrected chi connectivity index (χ0v) is 13.5. The second-order valence-electron chi connectivity index (χ2n) is 5.11. The summed E-state index contributed by atoms with van der Waals surface area (Å²) in [5.74, 6) is 0. The van der Waals surface area contributed by atoms with Gasteiger partial charge in [0.15, 0.2) is 0 Å². The minimum Gasteiger partial charge on any atom is -0.449 e. The molecule has 0 aliphatic carbocycles. The van der Waals surface area contributed by atoms with Gasteiger partial charge in [-0.25, -0.2) is 17.5 Å². The minimum atomic E-state index is -3.23. The third-order valence-electron chi connectivity index (χ3n) is 3.72. The molecule has 1 fully saturated rings. The van der Waals surface area contributed by atoms with Crippen molar-refractivity contribution >= 4 is 16.1 Å². The predicted octanol–water partition coefficient (Wildman–Crippen LogP) is 1.67. The predicted molar refractivity (Wildman–Crippen MR) is 78.1 cm³/mol. The standard InChI is InChI=1S/C13H26N2O4S/c1-4-6-11-19-13(16)15-9-7-12(8-10-15)20(17,18)14(3)5-2/h12H,4-11H2,1-3H3. The maximum atomic E-state index is 12.2. The van der Waals surface area contributed by atoms with E-state index < -0.39 is 10.0 Å². The lowest BCUT2D eigenvalue weighted by molar-refractivity contribution is 0.0942. The van der Waals surface area contributed by atoms with Crippen LogP contribution in [0.1, 0.15) is 39.5 Å². The van der Waals surface area contributed by atoms with Crippen LogP contribution < -0.4 is 0 Å². The van der Waals surface area contributed by atoms with E-state index in [2.05, 4.69) is 0 Å². The third kappa shape index (κ3) is 4.34. The number of unbranched alkanes of at least 4 members (excludes halogenated alkanes) is 1. The molecule has 0 atom stereocenters. The van der Waals surface area contributed by atoms with Gasteiger partial charge in [0.1, 0.15) is 0 Å². The quantitative estimate of drug-likeness (QED) is 0.700. The summed E-state index contributed by atoms with van der Waals surface area (Å²) in [4.78, 5) is 13.4. The minimum absolute atomic E-state index is 0.321. The van der Waals surface area contributed by atoms with E-state index in [1.165, 1.54) is 4.31 Å². The lowest BCUT2D eigenvalue weighted by Crippen LogP contribution is -2.46. The molecule has 118 valence electrons. The lowest BCUT2D eigenvalue weighted by atomic mass is 10.1. The largest absolute Gasteiger partial charge is 0.449 e. The molecule has 0 bridgehead atoms. The van der Waals surface area contributed by atoms with Gasteiger partial charge in [-0.3, -0.25) is 0 Å². The monoisotopic (exact) mass is 306 g/mol. The molecule has 1 saturated heterocycles. The van der Waals surface area contributed by atoms with Gasteiger partial charge in [0.2, 0.25) is 10.0 Å². The summed E-state index contributed by atoms with van der Waals surface area (Å²) < 4.78 is 30.9. The second kappa shape index (κ2) is 7.83. The van der Waals surface area contributed by atoms with Gasteiger partial charge in [0, 0.05) is 26.7 Å². The molecule has 1 rings (SSSR count). The normalized spacial score (nSPS) is 17.5. The van der Waals surface area contributed by atoms with E-state index in [0.717, 1.165) is 12.8 Å². The molecular formula is C13H26N2O4S. The fraction of sp³-hybridized carbons (Fsp3) is 0.923. The Kier molecular flexibility index (Phi) is 6.75. The smallest absolute Gasteiger partial charge is 0.409 e. The van der Waals surface area contributed by atoms with Gasteiger partial charge < -0.3 is 9.64 Å². The van der Waals surface area contributed by atoms with Gasteiger partial charge in [-0.1, -0.05) is 20.3 Å². The highest BCUT2D eigenvalue weighted by Crippen LogP contribution is 2.20. The first-order chi connectivity index (χ1) is 9.43. The van der Waals surface area contributed by atoms with Crippen molar-refractivity contribution < 1.29 is 17.9 Å². The van der Waals surface area contributed by atoms with E-state index in [9.17, 15) is 13.2 Å². The number of hydrogen-bond donors (Lipinski definition) is 0. The molecule has 7 heteroatoms. The van der Waals surface area contributed by atoms with Crippen molar-refractivity contribution in [3.05, 3.63) is 0 Å². The van der Waals surface area contributed by atoms with Crippen LogP contribution in [0.5, 0.6) is 0 Å². The number of amides is 1. The first-order valence-corrected chi connectivity index (χ1v) is 8.80. The van der Waals surface area contributed by atoms with Crippen molar-refractivity contribution in [1.82, 2.24) is 9.21 Å². The van der Waals surface area contributed by atoms with Crippen LogP contribution >= 0.6 is 0 Å². The molecular weight excluding hydrogens is 280 g/mol. The summed E-state index contributed by atoms with van der Waals surface area (Å²) in [6.07, 6.45) is 2.48. The topological polar surface area (TPSA) is 66.9 Å². The number of ether oxygens (including phenoxy) is 1. The third-order valence-corrected chi connectivity index (χ3v) is 6.17. The Morgan fingerprint density at radius 1 is 1.30 bits per heavy atom. The van der Waals surface area contributed by atoms with E-state index in [-0.39, 0.29) is 11.3 Å². The second-order valence-corrected chi connectivity index (χ2v) is 7.43. The molecule has 1 aliphatic heterocycles. The van der Waals surface area contributed by atoms with Crippen molar-refractivity contribution in [1.29, 1.82) is 0 Å². The van der Waals surface area contributed by atoms with Gasteiger partial charge in [-0.15, -0.1) is 0 Å². The van der Waals surface area contributed by atoms with Crippen LogP contribution in [0.3, 0.4) is 0 Å². The number of piperidine rings is 1. The highest BCUT2D eigenvalue weighted by atomic mass is 32.2. The zero-order chi connectivity index (χ0) is 15.2. The van der Waals surface area contributed by atoms with E-state index in [0.29, 0.717) is 39.1 Å². The van der Waals surface area contributed by atoms with E-state index >= 15 is 0 Å². The van der Waals surface area contributed by atoms with Crippen LogP contribution in [0.25, 0.3) is 0 Å². The van der Waals surface area contributed by atoms with Crippen LogP contribution in [0, 0.1) is 0 Å². The van der Waals surface area contributed by atoms with Crippen LogP contribution in [-0.2, 0) is 14.8 Å². The molecule has 0 aromatic heterocycles. The Hall–Kier alpha value is -0.820. The number of carbonyl (C=O) groups is 1. The highest BCUT2D eigenvalue weighted by Gasteiger charge is 2.33. The molecule has 0 N–H and O–H groups in total. The summed E-state index contributed by atoms with van der Waals surface area (Å²) >= 11 is 0. The van der Waals surface area contributed by atoms with Crippen molar-refractivity contribution in [3.8, 4) is 0 Å². The van der Waals surface area contributed by atoms with Crippen LogP contribution in [0.4, 0.5) is 4.79 Å².